The fraction of sp³-hybridized carbons (Fsp3) is 0.391. The van der Waals surface area contributed by atoms with Gasteiger partial charge in [-0.15, -0.1) is 0 Å². The van der Waals surface area contributed by atoms with E-state index >= 15 is 0 Å². The summed E-state index contributed by atoms with van der Waals surface area (Å²) in [4.78, 5) is 27.8. The molecule has 3 heterocycles. The van der Waals surface area contributed by atoms with Gasteiger partial charge in [0.15, 0.2) is 5.13 Å². The summed E-state index contributed by atoms with van der Waals surface area (Å²) in [5.74, 6) is 0.794. The number of benzene rings is 1. The predicted octanol–water partition coefficient (Wildman–Crippen LogP) is 2.71. The number of hydrogen-bond acceptors (Lipinski definition) is 10. The van der Waals surface area contributed by atoms with Gasteiger partial charge in [-0.25, -0.2) is 28.3 Å². The van der Waals surface area contributed by atoms with Crippen LogP contribution in [0.15, 0.2) is 29.2 Å². The maximum atomic E-state index is 11.5. The lowest BCUT2D eigenvalue weighted by Crippen LogP contribution is -2.33. The summed E-state index contributed by atoms with van der Waals surface area (Å²) in [6.45, 7) is 4.83. The molecule has 0 amide bonds. The summed E-state index contributed by atoms with van der Waals surface area (Å²) in [6.07, 6.45) is 3.36. The molecule has 0 saturated heterocycles. The molecule has 1 fully saturated rings. The number of carboxylic acids is 1. The fourth-order valence-electron chi connectivity index (χ4n) is 4.22. The Morgan fingerprint density at radius 3 is 2.61 bits per heavy atom. The van der Waals surface area contributed by atoms with Crippen molar-refractivity contribution >= 4 is 44.2 Å². The standard InChI is InChI=1S/C23H27N7O4S2/c1-13-19(21(31)32)35-23(26-13)29-22-27-18-8-9-30(11-15-2-3-15)12-17(18)20(28-22)25-10-14-4-6-16(7-5-14)36(24,33)34/h4-7,15H,2-3,8-12H2,1H3,(H,31,32)(H2,24,33,34)(H2,25,26,27,28,29). The highest BCUT2D eigenvalue weighted by Crippen LogP contribution is 2.33. The third kappa shape index (κ3) is 5.64. The first-order valence-electron chi connectivity index (χ1n) is 11.6. The molecule has 0 bridgehead atoms. The van der Waals surface area contributed by atoms with E-state index in [0.29, 0.717) is 29.1 Å². The van der Waals surface area contributed by atoms with Crippen molar-refractivity contribution in [3.63, 3.8) is 0 Å². The number of primary sulfonamides is 1. The lowest BCUT2D eigenvalue weighted by Gasteiger charge is -2.29. The van der Waals surface area contributed by atoms with E-state index in [9.17, 15) is 18.3 Å². The Bertz CT molecular complexity index is 1400. The molecule has 0 unspecified atom stereocenters. The van der Waals surface area contributed by atoms with Crippen LogP contribution in [0.25, 0.3) is 0 Å². The number of rotatable bonds is 9. The van der Waals surface area contributed by atoms with Crippen molar-refractivity contribution < 1.29 is 18.3 Å². The number of aryl methyl sites for hydroxylation is 1. The molecule has 1 aromatic carbocycles. The summed E-state index contributed by atoms with van der Waals surface area (Å²) < 4.78 is 23.1. The summed E-state index contributed by atoms with van der Waals surface area (Å²) in [6, 6.07) is 6.39. The molecular formula is C23H27N7O4S2. The lowest BCUT2D eigenvalue weighted by molar-refractivity contribution is 0.0701. The smallest absolute Gasteiger partial charge is 0.347 e. The number of nitrogens with two attached hydrogens (primary N) is 1. The number of aromatic nitrogens is 3. The summed E-state index contributed by atoms with van der Waals surface area (Å²) in [5.41, 5.74) is 3.29. The zero-order chi connectivity index (χ0) is 25.4. The average molecular weight is 530 g/mol. The van der Waals surface area contributed by atoms with Crippen LogP contribution in [0.3, 0.4) is 0 Å². The Balaban J connectivity index is 1.40. The number of carboxylic acid groups (broad SMARTS) is 1. The molecule has 5 rings (SSSR count). The van der Waals surface area contributed by atoms with Gasteiger partial charge in [-0.05, 0) is 43.4 Å². The molecule has 190 valence electrons. The maximum Gasteiger partial charge on any atom is 0.347 e. The van der Waals surface area contributed by atoms with E-state index in [4.69, 9.17) is 15.1 Å². The first kappa shape index (κ1) is 24.6. The van der Waals surface area contributed by atoms with Gasteiger partial charge in [0.25, 0.3) is 0 Å². The van der Waals surface area contributed by atoms with E-state index in [-0.39, 0.29) is 9.77 Å². The maximum absolute atomic E-state index is 11.5. The number of fused-ring (bicyclic) bond motifs is 1. The van der Waals surface area contributed by atoms with Gasteiger partial charge in [-0.3, -0.25) is 10.2 Å². The molecule has 36 heavy (non-hydrogen) atoms. The van der Waals surface area contributed by atoms with Crippen molar-refractivity contribution in [1.82, 2.24) is 19.9 Å². The van der Waals surface area contributed by atoms with Crippen LogP contribution in [0.1, 0.15) is 45.0 Å². The van der Waals surface area contributed by atoms with Crippen LogP contribution < -0.4 is 15.8 Å². The zero-order valence-corrected chi connectivity index (χ0v) is 21.3. The number of sulfonamides is 1. The van der Waals surface area contributed by atoms with E-state index < -0.39 is 16.0 Å². The van der Waals surface area contributed by atoms with Crippen LogP contribution in [-0.4, -0.2) is 52.4 Å². The molecule has 11 nitrogen and oxygen atoms in total. The summed E-state index contributed by atoms with van der Waals surface area (Å²) in [5, 5.41) is 21.4. The highest BCUT2D eigenvalue weighted by Gasteiger charge is 2.28. The van der Waals surface area contributed by atoms with E-state index in [0.717, 1.165) is 60.1 Å². The number of hydrogen-bond donors (Lipinski definition) is 4. The Hall–Kier alpha value is -3.13. The minimum absolute atomic E-state index is 0.0624. The molecule has 2 aromatic heterocycles. The molecular weight excluding hydrogens is 502 g/mol. The highest BCUT2D eigenvalue weighted by atomic mass is 32.2. The summed E-state index contributed by atoms with van der Waals surface area (Å²) >= 11 is 1.04. The first-order chi connectivity index (χ1) is 17.2. The van der Waals surface area contributed by atoms with Crippen LogP contribution in [0, 0.1) is 12.8 Å². The average Bonchev–Trinajstić information content (AvgIpc) is 3.56. The molecule has 0 atom stereocenters. The largest absolute Gasteiger partial charge is 0.477 e. The van der Waals surface area contributed by atoms with Crippen molar-refractivity contribution in [3.05, 3.63) is 51.7 Å². The quantitative estimate of drug-likeness (QED) is 0.324. The normalized spacial score (nSPS) is 15.9. The second kappa shape index (κ2) is 9.73. The van der Waals surface area contributed by atoms with Crippen molar-refractivity contribution in [1.29, 1.82) is 0 Å². The molecule has 0 spiro atoms. The number of nitrogens with zero attached hydrogens (tertiary/aromatic N) is 4. The van der Waals surface area contributed by atoms with Gasteiger partial charge in [0.2, 0.25) is 16.0 Å². The minimum atomic E-state index is -3.75. The second-order valence-electron chi connectivity index (χ2n) is 9.16. The highest BCUT2D eigenvalue weighted by molar-refractivity contribution is 7.89. The number of carbonyl (C=O) groups is 1. The SMILES string of the molecule is Cc1nc(Nc2nc3c(c(NCc4ccc(S(N)(=O)=O)cc4)n2)CN(CC2CC2)CC3)sc1C(=O)O. The van der Waals surface area contributed by atoms with E-state index in [1.54, 1.807) is 19.1 Å². The van der Waals surface area contributed by atoms with Crippen LogP contribution >= 0.6 is 11.3 Å². The van der Waals surface area contributed by atoms with Gasteiger partial charge in [0.1, 0.15) is 10.7 Å². The van der Waals surface area contributed by atoms with Gasteiger partial charge in [0, 0.05) is 38.2 Å². The van der Waals surface area contributed by atoms with Crippen LogP contribution in [0.5, 0.6) is 0 Å². The van der Waals surface area contributed by atoms with Gasteiger partial charge >= 0.3 is 5.97 Å². The van der Waals surface area contributed by atoms with Gasteiger partial charge < -0.3 is 10.4 Å². The number of aromatic carboxylic acids is 1. The number of anilines is 3. The van der Waals surface area contributed by atoms with Crippen LogP contribution in [0.4, 0.5) is 16.9 Å². The van der Waals surface area contributed by atoms with Crippen LogP contribution in [-0.2, 0) is 29.5 Å². The van der Waals surface area contributed by atoms with E-state index in [1.165, 1.54) is 25.0 Å². The number of thiazole rings is 1. The van der Waals surface area contributed by atoms with Crippen LogP contribution in [0.2, 0.25) is 0 Å². The Morgan fingerprint density at radius 2 is 1.97 bits per heavy atom. The third-order valence-electron chi connectivity index (χ3n) is 6.27. The van der Waals surface area contributed by atoms with Gasteiger partial charge in [-0.1, -0.05) is 23.5 Å². The van der Waals surface area contributed by atoms with E-state index in [2.05, 4.69) is 20.5 Å². The molecule has 5 N–H and O–H groups in total. The predicted molar refractivity (Wildman–Crippen MR) is 136 cm³/mol. The van der Waals surface area contributed by atoms with Crippen molar-refractivity contribution in [3.8, 4) is 0 Å². The Kier molecular flexibility index (Phi) is 6.64. The van der Waals surface area contributed by atoms with Crippen molar-refractivity contribution in [2.45, 2.75) is 44.2 Å². The Morgan fingerprint density at radius 1 is 1.22 bits per heavy atom. The van der Waals surface area contributed by atoms with Gasteiger partial charge in [-0.2, -0.15) is 4.98 Å². The first-order valence-corrected chi connectivity index (χ1v) is 14.0. The number of nitrogens with one attached hydrogen (secondary N) is 2. The van der Waals surface area contributed by atoms with Crippen molar-refractivity contribution in [2.24, 2.45) is 11.1 Å². The molecule has 2 aliphatic rings. The monoisotopic (exact) mass is 529 g/mol. The second-order valence-corrected chi connectivity index (χ2v) is 11.7. The molecule has 1 aliphatic heterocycles. The zero-order valence-electron chi connectivity index (χ0n) is 19.7. The molecule has 3 aromatic rings. The molecule has 0 radical (unpaired) electrons. The molecule has 13 heteroatoms. The van der Waals surface area contributed by atoms with E-state index in [1.807, 2.05) is 0 Å². The topological polar surface area (TPSA) is 163 Å². The lowest BCUT2D eigenvalue weighted by atomic mass is 10.1. The van der Waals surface area contributed by atoms with Gasteiger partial charge in [0.05, 0.1) is 16.3 Å². The minimum Gasteiger partial charge on any atom is -0.477 e. The third-order valence-corrected chi connectivity index (χ3v) is 8.26. The molecule has 1 aliphatic carbocycles. The Labute approximate surface area is 212 Å². The van der Waals surface area contributed by atoms with Crippen molar-refractivity contribution in [2.75, 3.05) is 23.7 Å². The summed E-state index contributed by atoms with van der Waals surface area (Å²) in [7, 11) is -3.75. The fourth-order valence-corrected chi connectivity index (χ4v) is 5.53. The molecule has 1 saturated carbocycles.